The number of sulfonamides is 1. The zero-order valence-corrected chi connectivity index (χ0v) is 21.3. The Morgan fingerprint density at radius 1 is 0.971 bits per heavy atom. The predicted octanol–water partition coefficient (Wildman–Crippen LogP) is 4.87. The SMILES string of the molecule is CCOc1ccccc1N(CC(=O)NC(CC)c1ccc(OC)c(C)c1)S(=O)(=O)c1ccccc1. The van der Waals surface area contributed by atoms with E-state index >= 15 is 0 Å². The van der Waals surface area contributed by atoms with Gasteiger partial charge < -0.3 is 14.8 Å². The summed E-state index contributed by atoms with van der Waals surface area (Å²) >= 11 is 0. The number of hydrogen-bond donors (Lipinski definition) is 1. The standard InChI is InChI=1S/C27H32N2O5S/c1-5-23(21-16-17-25(33-4)20(3)18-21)28-27(30)19-29(24-14-10-11-15-26(24)34-6-2)35(31,32)22-12-8-7-9-13-22/h7-18,23H,5-6,19H2,1-4H3,(H,28,30). The van der Waals surface area contributed by atoms with Gasteiger partial charge >= 0.3 is 0 Å². The fourth-order valence-corrected chi connectivity index (χ4v) is 5.32. The minimum Gasteiger partial charge on any atom is -0.496 e. The number of carbonyl (C=O) groups is 1. The first-order valence-corrected chi connectivity index (χ1v) is 13.0. The van der Waals surface area contributed by atoms with Gasteiger partial charge in [-0.05, 0) is 61.7 Å². The fraction of sp³-hybridized carbons (Fsp3) is 0.296. The normalized spacial score (nSPS) is 12.0. The quantitative estimate of drug-likeness (QED) is 0.410. The van der Waals surface area contributed by atoms with Crippen molar-refractivity contribution in [1.29, 1.82) is 0 Å². The molecule has 0 saturated heterocycles. The van der Waals surface area contributed by atoms with Crippen LogP contribution < -0.4 is 19.1 Å². The molecule has 0 aliphatic rings. The molecule has 0 saturated carbocycles. The number of methoxy groups -OCH3 is 1. The van der Waals surface area contributed by atoms with Crippen LogP contribution in [0.5, 0.6) is 11.5 Å². The highest BCUT2D eigenvalue weighted by Gasteiger charge is 2.30. The van der Waals surface area contributed by atoms with Crippen LogP contribution in [0.15, 0.2) is 77.7 Å². The third-order valence-electron chi connectivity index (χ3n) is 5.62. The van der Waals surface area contributed by atoms with Crippen molar-refractivity contribution in [2.24, 2.45) is 0 Å². The summed E-state index contributed by atoms with van der Waals surface area (Å²) in [6.07, 6.45) is 0.637. The highest BCUT2D eigenvalue weighted by atomic mass is 32.2. The van der Waals surface area contributed by atoms with Gasteiger partial charge in [0.05, 0.1) is 30.3 Å². The van der Waals surface area contributed by atoms with Gasteiger partial charge in [0.2, 0.25) is 5.91 Å². The Hall–Kier alpha value is -3.52. The third-order valence-corrected chi connectivity index (χ3v) is 7.39. The van der Waals surface area contributed by atoms with E-state index in [1.165, 1.54) is 12.1 Å². The highest BCUT2D eigenvalue weighted by molar-refractivity contribution is 7.92. The Kier molecular flexibility index (Phi) is 8.76. The second kappa shape index (κ2) is 11.8. The minimum atomic E-state index is -4.04. The number of para-hydroxylation sites is 2. The zero-order valence-electron chi connectivity index (χ0n) is 20.5. The van der Waals surface area contributed by atoms with E-state index in [9.17, 15) is 13.2 Å². The monoisotopic (exact) mass is 496 g/mol. The number of anilines is 1. The lowest BCUT2D eigenvalue weighted by Gasteiger charge is -2.27. The number of rotatable bonds is 11. The maximum atomic E-state index is 13.6. The summed E-state index contributed by atoms with van der Waals surface area (Å²) in [6.45, 7) is 5.69. The molecule has 0 aromatic heterocycles. The van der Waals surface area contributed by atoms with Crippen molar-refractivity contribution in [1.82, 2.24) is 5.32 Å². The molecule has 0 radical (unpaired) electrons. The van der Waals surface area contributed by atoms with Crippen LogP contribution in [0, 0.1) is 6.92 Å². The second-order valence-electron chi connectivity index (χ2n) is 7.98. The fourth-order valence-electron chi connectivity index (χ4n) is 3.87. The Balaban J connectivity index is 1.94. The Bertz CT molecular complexity index is 1250. The van der Waals surface area contributed by atoms with Crippen molar-refractivity contribution in [3.63, 3.8) is 0 Å². The molecule has 35 heavy (non-hydrogen) atoms. The highest BCUT2D eigenvalue weighted by Crippen LogP contribution is 2.32. The van der Waals surface area contributed by atoms with Gasteiger partial charge in [0.1, 0.15) is 18.0 Å². The van der Waals surface area contributed by atoms with Crippen molar-refractivity contribution < 1.29 is 22.7 Å². The van der Waals surface area contributed by atoms with Gasteiger partial charge in [-0.15, -0.1) is 0 Å². The van der Waals surface area contributed by atoms with Gasteiger partial charge in [0.25, 0.3) is 10.0 Å². The third kappa shape index (κ3) is 6.14. The van der Waals surface area contributed by atoms with Crippen LogP contribution in [0.4, 0.5) is 5.69 Å². The maximum Gasteiger partial charge on any atom is 0.264 e. The van der Waals surface area contributed by atoms with Crippen LogP contribution in [0.1, 0.15) is 37.4 Å². The molecular formula is C27H32N2O5S. The van der Waals surface area contributed by atoms with E-state index in [1.807, 2.05) is 39.0 Å². The molecule has 1 atom stereocenters. The van der Waals surface area contributed by atoms with Crippen LogP contribution in [-0.4, -0.2) is 34.6 Å². The van der Waals surface area contributed by atoms with E-state index in [0.29, 0.717) is 24.5 Å². The minimum absolute atomic E-state index is 0.0944. The number of carbonyl (C=O) groups excluding carboxylic acids is 1. The van der Waals surface area contributed by atoms with E-state index in [0.717, 1.165) is 21.2 Å². The van der Waals surface area contributed by atoms with Crippen molar-refractivity contribution in [3.8, 4) is 11.5 Å². The van der Waals surface area contributed by atoms with E-state index in [1.54, 1.807) is 49.6 Å². The second-order valence-corrected chi connectivity index (χ2v) is 9.85. The van der Waals surface area contributed by atoms with Crippen molar-refractivity contribution in [2.75, 3.05) is 24.6 Å². The molecule has 0 spiro atoms. The molecule has 186 valence electrons. The molecule has 0 heterocycles. The van der Waals surface area contributed by atoms with Crippen LogP contribution in [0.25, 0.3) is 0 Å². The number of amides is 1. The number of hydrogen-bond acceptors (Lipinski definition) is 5. The van der Waals surface area contributed by atoms with Crippen molar-refractivity contribution in [2.45, 2.75) is 38.1 Å². The zero-order chi connectivity index (χ0) is 25.4. The molecule has 0 aliphatic heterocycles. The molecule has 3 rings (SSSR count). The van der Waals surface area contributed by atoms with E-state index < -0.39 is 22.5 Å². The first kappa shape index (κ1) is 26.1. The Morgan fingerprint density at radius 2 is 1.66 bits per heavy atom. The maximum absolute atomic E-state index is 13.6. The van der Waals surface area contributed by atoms with Crippen LogP contribution >= 0.6 is 0 Å². The molecule has 1 unspecified atom stereocenters. The number of benzene rings is 3. The number of nitrogens with one attached hydrogen (secondary N) is 1. The molecule has 8 heteroatoms. The van der Waals surface area contributed by atoms with Gasteiger partial charge in [-0.25, -0.2) is 8.42 Å². The molecule has 3 aromatic carbocycles. The molecule has 1 N–H and O–H groups in total. The Morgan fingerprint density at radius 3 is 2.29 bits per heavy atom. The molecule has 1 amide bonds. The summed E-state index contributed by atoms with van der Waals surface area (Å²) in [5.74, 6) is 0.735. The van der Waals surface area contributed by atoms with Gasteiger partial charge in [-0.2, -0.15) is 0 Å². The van der Waals surface area contributed by atoms with E-state index in [-0.39, 0.29) is 10.9 Å². The van der Waals surface area contributed by atoms with Gasteiger partial charge in [0.15, 0.2) is 0 Å². The molecular weight excluding hydrogens is 464 g/mol. The lowest BCUT2D eigenvalue weighted by atomic mass is 10.0. The van der Waals surface area contributed by atoms with Crippen LogP contribution in [0.2, 0.25) is 0 Å². The predicted molar refractivity (Wildman–Crippen MR) is 137 cm³/mol. The average molecular weight is 497 g/mol. The number of aryl methyl sites for hydroxylation is 1. The first-order chi connectivity index (χ1) is 16.8. The average Bonchev–Trinajstić information content (AvgIpc) is 2.87. The molecule has 7 nitrogen and oxygen atoms in total. The Labute approximate surface area is 207 Å². The van der Waals surface area contributed by atoms with E-state index in [4.69, 9.17) is 9.47 Å². The van der Waals surface area contributed by atoms with Crippen LogP contribution in [-0.2, 0) is 14.8 Å². The molecule has 0 aliphatic carbocycles. The summed E-state index contributed by atoms with van der Waals surface area (Å²) in [4.78, 5) is 13.3. The van der Waals surface area contributed by atoms with Crippen LogP contribution in [0.3, 0.4) is 0 Å². The molecule has 0 fully saturated rings. The van der Waals surface area contributed by atoms with Gasteiger partial charge in [-0.1, -0.05) is 49.4 Å². The van der Waals surface area contributed by atoms with Gasteiger partial charge in [-0.3, -0.25) is 9.10 Å². The number of nitrogens with zero attached hydrogens (tertiary/aromatic N) is 1. The van der Waals surface area contributed by atoms with E-state index in [2.05, 4.69) is 5.32 Å². The van der Waals surface area contributed by atoms with Gasteiger partial charge in [0, 0.05) is 0 Å². The first-order valence-electron chi connectivity index (χ1n) is 11.5. The summed E-state index contributed by atoms with van der Waals surface area (Å²) < 4.78 is 39.4. The smallest absolute Gasteiger partial charge is 0.264 e. The number of ether oxygens (including phenoxy) is 2. The lowest BCUT2D eigenvalue weighted by molar-refractivity contribution is -0.120. The topological polar surface area (TPSA) is 84.9 Å². The largest absolute Gasteiger partial charge is 0.496 e. The summed E-state index contributed by atoms with van der Waals surface area (Å²) in [7, 11) is -2.42. The van der Waals surface area contributed by atoms with Crippen molar-refractivity contribution in [3.05, 3.63) is 83.9 Å². The summed E-state index contributed by atoms with van der Waals surface area (Å²) in [6, 6.07) is 20.3. The lowest BCUT2D eigenvalue weighted by Crippen LogP contribution is -2.42. The molecule has 0 bridgehead atoms. The molecule has 3 aromatic rings. The summed E-state index contributed by atoms with van der Waals surface area (Å²) in [5.41, 5.74) is 2.18. The van der Waals surface area contributed by atoms with Crippen molar-refractivity contribution >= 4 is 21.6 Å². The summed E-state index contributed by atoms with van der Waals surface area (Å²) in [5, 5.41) is 3.00.